The largest absolute Gasteiger partial charge is 0.412 e. The first-order chi connectivity index (χ1) is 19.6. The molecular formula is C26H24ClF5N3O6P. The van der Waals surface area contributed by atoms with Gasteiger partial charge in [0, 0.05) is 35.7 Å². The van der Waals surface area contributed by atoms with Gasteiger partial charge in [0.25, 0.3) is 0 Å². The number of aromatic nitrogens is 1. The third-order valence-electron chi connectivity index (χ3n) is 6.64. The zero-order valence-electron chi connectivity index (χ0n) is 21.8. The average Bonchev–Trinajstić information content (AvgIpc) is 3.48. The Bertz CT molecular complexity index is 1600. The Morgan fingerprint density at radius 1 is 1.21 bits per heavy atom. The van der Waals surface area contributed by atoms with Gasteiger partial charge in [0.1, 0.15) is 24.6 Å². The lowest BCUT2D eigenvalue weighted by Crippen LogP contribution is -2.46. The first-order valence-corrected chi connectivity index (χ1v) is 14.4. The standard InChI is InChI=1S/C26H24ClF5N3O6P/c1-14(36)19-11-34(21-8-17(5-6-18(19)21)42(39,40)41-13-26(30,31)32)12-23(37)35-10-16(28)7-22(35)25(38)33-9-15-3-2-4-20(27)24(15)29/h2-6,8,11,16,22H,7,9-10,12-13H2,1H3,(H,33,38)(H,39,40)/t16-,22+/m1/s1. The average molecular weight is 636 g/mol. The van der Waals surface area contributed by atoms with Gasteiger partial charge in [0.15, 0.2) is 12.4 Å². The summed E-state index contributed by atoms with van der Waals surface area (Å²) >= 11 is 5.75. The molecule has 1 saturated heterocycles. The van der Waals surface area contributed by atoms with Gasteiger partial charge in [-0.2, -0.15) is 13.2 Å². The summed E-state index contributed by atoms with van der Waals surface area (Å²) < 4.78 is 84.3. The van der Waals surface area contributed by atoms with Crippen LogP contribution in [0.3, 0.4) is 0 Å². The smallest absolute Gasteiger partial charge is 0.350 e. The minimum atomic E-state index is -4.96. The fourth-order valence-corrected chi connectivity index (χ4v) is 5.85. The molecule has 16 heteroatoms. The van der Waals surface area contributed by atoms with Gasteiger partial charge in [0.05, 0.1) is 22.4 Å². The number of ketones is 1. The minimum Gasteiger partial charge on any atom is -0.350 e. The Morgan fingerprint density at radius 2 is 1.93 bits per heavy atom. The summed E-state index contributed by atoms with van der Waals surface area (Å²) in [6.07, 6.45) is -5.46. The summed E-state index contributed by atoms with van der Waals surface area (Å²) in [4.78, 5) is 49.5. The second-order valence-electron chi connectivity index (χ2n) is 9.66. The van der Waals surface area contributed by atoms with E-state index in [0.717, 1.165) is 17.0 Å². The summed E-state index contributed by atoms with van der Waals surface area (Å²) in [7, 11) is -4.96. The van der Waals surface area contributed by atoms with Crippen LogP contribution in [0.25, 0.3) is 10.9 Å². The number of hydrogen-bond acceptors (Lipinski definition) is 5. The van der Waals surface area contributed by atoms with Crippen LogP contribution in [0.1, 0.15) is 29.3 Å². The number of alkyl halides is 4. The monoisotopic (exact) mass is 635 g/mol. The molecule has 0 aliphatic carbocycles. The molecule has 0 radical (unpaired) electrons. The molecule has 1 aromatic heterocycles. The maximum absolute atomic E-state index is 14.4. The summed E-state index contributed by atoms with van der Waals surface area (Å²) in [6.45, 7) is -2.00. The normalized spacial score (nSPS) is 18.7. The molecule has 9 nitrogen and oxygen atoms in total. The number of halogens is 6. The minimum absolute atomic E-state index is 0.0457. The van der Waals surface area contributed by atoms with Crippen LogP contribution in [0.15, 0.2) is 42.6 Å². The van der Waals surface area contributed by atoms with Gasteiger partial charge in [-0.25, -0.2) is 8.78 Å². The molecule has 1 fully saturated rings. The Morgan fingerprint density at radius 3 is 2.60 bits per heavy atom. The van der Waals surface area contributed by atoms with Gasteiger partial charge >= 0.3 is 13.8 Å². The van der Waals surface area contributed by atoms with Crippen LogP contribution in [0.4, 0.5) is 22.0 Å². The second-order valence-corrected chi connectivity index (χ2v) is 11.9. The van der Waals surface area contributed by atoms with Gasteiger partial charge in [-0.15, -0.1) is 0 Å². The second kappa shape index (κ2) is 12.1. The van der Waals surface area contributed by atoms with Gasteiger partial charge in [-0.05, 0) is 25.1 Å². The van der Waals surface area contributed by atoms with E-state index in [1.165, 1.54) is 42.0 Å². The number of hydrogen-bond donors (Lipinski definition) is 2. The van der Waals surface area contributed by atoms with Crippen molar-refractivity contribution in [1.82, 2.24) is 14.8 Å². The SMILES string of the molecule is CC(=O)c1cn(CC(=O)N2C[C@H](F)C[C@H]2C(=O)NCc2cccc(Cl)c2F)c2cc(P(=O)(O)OCC(F)(F)F)ccc12. The molecule has 3 aromatic rings. The number of likely N-dealkylation sites (tertiary alicyclic amines) is 1. The topological polar surface area (TPSA) is 118 Å². The number of carbonyl (C=O) groups is 3. The van der Waals surface area contributed by atoms with E-state index >= 15 is 0 Å². The van der Waals surface area contributed by atoms with Crippen molar-refractivity contribution in [1.29, 1.82) is 0 Å². The summed E-state index contributed by atoms with van der Waals surface area (Å²) in [6, 6.07) is 6.26. The van der Waals surface area contributed by atoms with Gasteiger partial charge in [-0.3, -0.25) is 23.5 Å². The maximum Gasteiger partial charge on any atom is 0.412 e. The van der Waals surface area contributed by atoms with Gasteiger partial charge < -0.3 is 19.7 Å². The van der Waals surface area contributed by atoms with E-state index in [4.69, 9.17) is 11.6 Å². The zero-order chi connectivity index (χ0) is 31.0. The van der Waals surface area contributed by atoms with E-state index in [0.29, 0.717) is 0 Å². The molecule has 3 atom stereocenters. The lowest BCUT2D eigenvalue weighted by atomic mass is 10.1. The van der Waals surface area contributed by atoms with Crippen LogP contribution in [-0.4, -0.2) is 63.5 Å². The fraction of sp³-hybridized carbons (Fsp3) is 0.346. The maximum atomic E-state index is 14.4. The highest BCUT2D eigenvalue weighted by Crippen LogP contribution is 2.43. The molecule has 1 aliphatic heterocycles. The van der Waals surface area contributed by atoms with Crippen molar-refractivity contribution in [2.45, 2.75) is 44.8 Å². The van der Waals surface area contributed by atoms with Crippen molar-refractivity contribution in [2.24, 2.45) is 0 Å². The fourth-order valence-electron chi connectivity index (χ4n) is 4.63. The van der Waals surface area contributed by atoms with E-state index < -0.39 is 74.4 Å². The number of nitrogens with zero attached hydrogens (tertiary/aromatic N) is 2. The van der Waals surface area contributed by atoms with Crippen molar-refractivity contribution in [3.8, 4) is 0 Å². The van der Waals surface area contributed by atoms with E-state index in [1.54, 1.807) is 0 Å². The number of carbonyl (C=O) groups excluding carboxylic acids is 3. The van der Waals surface area contributed by atoms with Crippen molar-refractivity contribution in [3.63, 3.8) is 0 Å². The molecule has 2 aromatic carbocycles. The molecule has 226 valence electrons. The highest BCUT2D eigenvalue weighted by atomic mass is 35.5. The molecule has 1 unspecified atom stereocenters. The number of nitrogens with one attached hydrogen (secondary N) is 1. The zero-order valence-corrected chi connectivity index (χ0v) is 23.5. The quantitative estimate of drug-likeness (QED) is 0.206. The number of fused-ring (bicyclic) bond motifs is 1. The molecule has 42 heavy (non-hydrogen) atoms. The lowest BCUT2D eigenvalue weighted by molar-refractivity contribution is -0.154. The van der Waals surface area contributed by atoms with Crippen LogP contribution in [0, 0.1) is 5.82 Å². The molecular weight excluding hydrogens is 612 g/mol. The number of rotatable bonds is 9. The Balaban J connectivity index is 1.57. The van der Waals surface area contributed by atoms with Crippen molar-refractivity contribution >= 4 is 53.0 Å². The Labute approximate surface area is 240 Å². The summed E-state index contributed by atoms with van der Waals surface area (Å²) in [5.41, 5.74) is 0.232. The Hall–Kier alpha value is -3.32. The molecule has 0 spiro atoms. The first-order valence-electron chi connectivity index (χ1n) is 12.4. The molecule has 4 rings (SSSR count). The van der Waals surface area contributed by atoms with Crippen molar-refractivity contribution < 1.29 is 50.3 Å². The van der Waals surface area contributed by atoms with E-state index in [2.05, 4.69) is 9.84 Å². The van der Waals surface area contributed by atoms with Crippen LogP contribution in [-0.2, 0) is 31.8 Å². The van der Waals surface area contributed by atoms with Crippen molar-refractivity contribution in [3.05, 3.63) is 64.6 Å². The molecule has 2 N–H and O–H groups in total. The molecule has 0 bridgehead atoms. The van der Waals surface area contributed by atoms with Crippen LogP contribution >= 0.6 is 19.2 Å². The third kappa shape index (κ3) is 7.00. The van der Waals surface area contributed by atoms with Crippen LogP contribution < -0.4 is 10.6 Å². The van der Waals surface area contributed by atoms with E-state index in [1.807, 2.05) is 0 Å². The highest BCUT2D eigenvalue weighted by molar-refractivity contribution is 7.61. The number of Topliss-reactive ketones (excluding diaryl/α,β-unsaturated/α-hetero) is 1. The van der Waals surface area contributed by atoms with Gasteiger partial charge in [-0.1, -0.05) is 29.8 Å². The molecule has 1 aliphatic rings. The van der Waals surface area contributed by atoms with E-state index in [9.17, 15) is 45.8 Å². The first kappa shape index (κ1) is 31.6. The highest BCUT2D eigenvalue weighted by Gasteiger charge is 2.40. The predicted octanol–water partition coefficient (Wildman–Crippen LogP) is 4.28. The van der Waals surface area contributed by atoms with Crippen LogP contribution in [0.5, 0.6) is 0 Å². The van der Waals surface area contributed by atoms with Gasteiger partial charge in [0.2, 0.25) is 11.8 Å². The lowest BCUT2D eigenvalue weighted by Gasteiger charge is -2.24. The number of amides is 2. The molecule has 0 saturated carbocycles. The van der Waals surface area contributed by atoms with Crippen LogP contribution in [0.2, 0.25) is 5.02 Å². The van der Waals surface area contributed by atoms with Crippen molar-refractivity contribution in [2.75, 3.05) is 13.2 Å². The summed E-state index contributed by atoms with van der Waals surface area (Å²) in [5.74, 6) is -2.66. The van der Waals surface area contributed by atoms with E-state index in [-0.39, 0.29) is 40.0 Å². The predicted molar refractivity (Wildman–Crippen MR) is 142 cm³/mol. The summed E-state index contributed by atoms with van der Waals surface area (Å²) in [5, 5.41) is 2.03. The molecule has 2 amide bonds. The molecule has 2 heterocycles. The third-order valence-corrected chi connectivity index (χ3v) is 8.34. The number of benzene rings is 2. The Kier molecular flexibility index (Phi) is 9.12.